The Bertz CT molecular complexity index is 550. The lowest BCUT2D eigenvalue weighted by atomic mass is 9.97. The molecule has 2 rings (SSSR count). The van der Waals surface area contributed by atoms with Crippen LogP contribution in [-0.4, -0.2) is 36.3 Å². The summed E-state index contributed by atoms with van der Waals surface area (Å²) in [5.41, 5.74) is 2.65. The molecule has 3 nitrogen and oxygen atoms in total. The highest BCUT2D eigenvalue weighted by molar-refractivity contribution is 5.30. The first-order valence-corrected chi connectivity index (χ1v) is 8.40. The number of aliphatic hydroxyl groups is 1. The van der Waals surface area contributed by atoms with Crippen molar-refractivity contribution in [3.05, 3.63) is 65.7 Å². The van der Waals surface area contributed by atoms with Gasteiger partial charge in [-0.1, -0.05) is 56.3 Å². The highest BCUT2D eigenvalue weighted by atomic mass is 16.5. The van der Waals surface area contributed by atoms with Crippen molar-refractivity contribution in [3.8, 4) is 5.75 Å². The smallest absolute Gasteiger partial charge is 0.119 e. The normalized spacial score (nSPS) is 12.3. The van der Waals surface area contributed by atoms with Gasteiger partial charge in [0.2, 0.25) is 0 Å². The monoisotopic (exact) mass is 313 g/mol. The van der Waals surface area contributed by atoms with E-state index in [1.807, 2.05) is 12.1 Å². The van der Waals surface area contributed by atoms with Crippen molar-refractivity contribution in [2.45, 2.75) is 26.3 Å². The lowest BCUT2D eigenvalue weighted by Crippen LogP contribution is -2.30. The van der Waals surface area contributed by atoms with Crippen molar-refractivity contribution in [2.24, 2.45) is 0 Å². The molecule has 23 heavy (non-hydrogen) atoms. The van der Waals surface area contributed by atoms with Gasteiger partial charge in [0.15, 0.2) is 0 Å². The zero-order valence-corrected chi connectivity index (χ0v) is 14.1. The van der Waals surface area contributed by atoms with Gasteiger partial charge >= 0.3 is 0 Å². The molecule has 1 atom stereocenters. The molecule has 0 unspecified atom stereocenters. The van der Waals surface area contributed by atoms with Crippen LogP contribution in [0.5, 0.6) is 5.75 Å². The van der Waals surface area contributed by atoms with Gasteiger partial charge in [0.05, 0.1) is 6.61 Å². The molecular formula is C20H27NO2. The fourth-order valence-corrected chi connectivity index (χ4v) is 2.91. The van der Waals surface area contributed by atoms with Crippen molar-refractivity contribution in [3.63, 3.8) is 0 Å². The number of likely N-dealkylation sites (N-methyl/N-ethyl adjacent to an activating group) is 1. The summed E-state index contributed by atoms with van der Waals surface area (Å²) < 4.78 is 5.46. The third-order valence-electron chi connectivity index (χ3n) is 4.15. The zero-order valence-electron chi connectivity index (χ0n) is 14.1. The third kappa shape index (κ3) is 5.08. The fourth-order valence-electron chi connectivity index (χ4n) is 2.91. The zero-order chi connectivity index (χ0) is 16.5. The quantitative estimate of drug-likeness (QED) is 0.766. The number of hydrogen-bond acceptors (Lipinski definition) is 3. The van der Waals surface area contributed by atoms with E-state index in [1.165, 1.54) is 11.1 Å². The van der Waals surface area contributed by atoms with Crippen LogP contribution in [-0.2, 0) is 6.42 Å². The molecule has 0 bridgehead atoms. The molecule has 0 saturated carbocycles. The van der Waals surface area contributed by atoms with Crippen LogP contribution in [0.1, 0.15) is 31.0 Å². The van der Waals surface area contributed by atoms with E-state index in [0.29, 0.717) is 12.6 Å². The van der Waals surface area contributed by atoms with Crippen LogP contribution in [0.3, 0.4) is 0 Å². The Morgan fingerprint density at radius 2 is 1.61 bits per heavy atom. The Balaban J connectivity index is 2.19. The van der Waals surface area contributed by atoms with E-state index in [0.717, 1.165) is 25.3 Å². The molecule has 0 spiro atoms. The summed E-state index contributed by atoms with van der Waals surface area (Å²) in [5.74, 6) is 0.806. The minimum Gasteiger partial charge on any atom is -0.491 e. The number of aliphatic hydroxyl groups excluding tert-OH is 1. The summed E-state index contributed by atoms with van der Waals surface area (Å²) >= 11 is 0. The van der Waals surface area contributed by atoms with Gasteiger partial charge in [0.1, 0.15) is 12.4 Å². The third-order valence-corrected chi connectivity index (χ3v) is 4.15. The molecule has 0 saturated heterocycles. The number of rotatable bonds is 9. The van der Waals surface area contributed by atoms with Crippen molar-refractivity contribution < 1.29 is 9.84 Å². The molecule has 0 aliphatic heterocycles. The maximum Gasteiger partial charge on any atom is 0.119 e. The second-order valence-electron chi connectivity index (χ2n) is 5.57. The number of nitrogens with zero attached hydrogens (tertiary/aromatic N) is 1. The molecule has 0 aliphatic carbocycles. The van der Waals surface area contributed by atoms with Gasteiger partial charge in [-0.2, -0.15) is 0 Å². The highest BCUT2D eigenvalue weighted by Crippen LogP contribution is 2.26. The van der Waals surface area contributed by atoms with Gasteiger partial charge in [-0.05, 0) is 42.8 Å². The number of hydrogen-bond donors (Lipinski definition) is 1. The predicted molar refractivity (Wildman–Crippen MR) is 94.8 cm³/mol. The maximum absolute atomic E-state index is 8.84. The van der Waals surface area contributed by atoms with Crippen LogP contribution < -0.4 is 4.74 Å². The molecule has 2 aromatic carbocycles. The van der Waals surface area contributed by atoms with Crippen LogP contribution in [0.2, 0.25) is 0 Å². The van der Waals surface area contributed by atoms with Gasteiger partial charge in [-0.25, -0.2) is 0 Å². The molecule has 0 heterocycles. The Kier molecular flexibility index (Phi) is 7.11. The molecular weight excluding hydrogens is 286 g/mol. The second-order valence-corrected chi connectivity index (χ2v) is 5.57. The summed E-state index contributed by atoms with van der Waals surface area (Å²) in [5, 5.41) is 8.84. The molecule has 0 aliphatic rings. The van der Waals surface area contributed by atoms with Gasteiger partial charge in [-0.3, -0.25) is 4.90 Å². The van der Waals surface area contributed by atoms with Crippen LogP contribution in [0.4, 0.5) is 0 Å². The molecule has 0 aromatic heterocycles. The molecule has 124 valence electrons. The lowest BCUT2D eigenvalue weighted by Gasteiger charge is -2.30. The Morgan fingerprint density at radius 1 is 0.957 bits per heavy atom. The minimum absolute atomic E-state index is 0.0395. The Morgan fingerprint density at radius 3 is 2.17 bits per heavy atom. The lowest BCUT2D eigenvalue weighted by molar-refractivity contribution is 0.200. The van der Waals surface area contributed by atoms with Crippen LogP contribution >= 0.6 is 0 Å². The van der Waals surface area contributed by atoms with E-state index >= 15 is 0 Å². The van der Waals surface area contributed by atoms with Crippen molar-refractivity contribution >= 4 is 0 Å². The standard InChI is InChI=1S/C20H27NO2/c1-3-21(4-2)20(16-17-8-6-5-7-9-17)18-10-12-19(13-11-18)23-15-14-22/h5-13,20,22H,3-4,14-16H2,1-2H3/t20-/m0/s1. The number of benzene rings is 2. The summed E-state index contributed by atoms with van der Waals surface area (Å²) in [4.78, 5) is 2.48. The van der Waals surface area contributed by atoms with E-state index < -0.39 is 0 Å². The molecule has 2 aromatic rings. The first-order valence-electron chi connectivity index (χ1n) is 8.40. The van der Waals surface area contributed by atoms with Gasteiger partial charge in [0.25, 0.3) is 0 Å². The molecule has 0 amide bonds. The van der Waals surface area contributed by atoms with E-state index in [9.17, 15) is 0 Å². The average Bonchev–Trinajstić information content (AvgIpc) is 2.61. The second kappa shape index (κ2) is 9.33. The molecule has 1 N–H and O–H groups in total. The molecule has 0 radical (unpaired) electrons. The van der Waals surface area contributed by atoms with E-state index in [2.05, 4.69) is 61.2 Å². The van der Waals surface area contributed by atoms with Crippen LogP contribution in [0, 0.1) is 0 Å². The highest BCUT2D eigenvalue weighted by Gasteiger charge is 2.18. The van der Waals surface area contributed by atoms with E-state index in [4.69, 9.17) is 9.84 Å². The van der Waals surface area contributed by atoms with Crippen LogP contribution in [0.15, 0.2) is 54.6 Å². The maximum atomic E-state index is 8.84. The largest absolute Gasteiger partial charge is 0.491 e. The van der Waals surface area contributed by atoms with Crippen molar-refractivity contribution in [1.29, 1.82) is 0 Å². The summed E-state index contributed by atoms with van der Waals surface area (Å²) in [7, 11) is 0. The average molecular weight is 313 g/mol. The van der Waals surface area contributed by atoms with Crippen LogP contribution in [0.25, 0.3) is 0 Å². The number of ether oxygens (including phenoxy) is 1. The fraction of sp³-hybridized carbons (Fsp3) is 0.400. The SMILES string of the molecule is CCN(CC)[C@@H](Cc1ccccc1)c1ccc(OCCO)cc1. The predicted octanol–water partition coefficient (Wildman–Crippen LogP) is 3.68. The van der Waals surface area contributed by atoms with Gasteiger partial charge < -0.3 is 9.84 Å². The molecule has 3 heteroatoms. The Hall–Kier alpha value is -1.84. The van der Waals surface area contributed by atoms with Gasteiger partial charge in [0, 0.05) is 6.04 Å². The first kappa shape index (κ1) is 17.5. The van der Waals surface area contributed by atoms with Crippen molar-refractivity contribution in [2.75, 3.05) is 26.3 Å². The Labute approximate surface area is 139 Å². The van der Waals surface area contributed by atoms with E-state index in [1.54, 1.807) is 0 Å². The minimum atomic E-state index is 0.0395. The molecule has 0 fully saturated rings. The van der Waals surface area contributed by atoms with Gasteiger partial charge in [-0.15, -0.1) is 0 Å². The first-order chi connectivity index (χ1) is 11.3. The summed E-state index contributed by atoms with van der Waals surface area (Å²) in [6.45, 7) is 6.84. The summed E-state index contributed by atoms with van der Waals surface area (Å²) in [6, 6.07) is 19.3. The van der Waals surface area contributed by atoms with Crippen molar-refractivity contribution in [1.82, 2.24) is 4.90 Å². The van der Waals surface area contributed by atoms with E-state index in [-0.39, 0.29) is 6.61 Å². The topological polar surface area (TPSA) is 32.7 Å². The summed E-state index contributed by atoms with van der Waals surface area (Å²) in [6.07, 6.45) is 0.999.